The van der Waals surface area contributed by atoms with Gasteiger partial charge < -0.3 is 0 Å². The first-order chi connectivity index (χ1) is 11.5. The molecule has 0 heterocycles. The highest BCUT2D eigenvalue weighted by molar-refractivity contribution is 7.20. The summed E-state index contributed by atoms with van der Waals surface area (Å²) in [5.41, 5.74) is 10.3. The minimum atomic E-state index is -1.86. The molecule has 1 aliphatic carbocycles. The largest absolute Gasteiger partial charge is 0.167 e. The average molecular weight is 369 g/mol. The van der Waals surface area contributed by atoms with Gasteiger partial charge in [-0.05, 0) is 52.6 Å². The zero-order valence-electron chi connectivity index (χ0n) is 16.5. The van der Waals surface area contributed by atoms with Crippen LogP contribution in [0.25, 0.3) is 17.2 Å². The van der Waals surface area contributed by atoms with E-state index in [1.54, 1.807) is 0 Å². The highest BCUT2D eigenvalue weighted by Gasteiger charge is 2.39. The van der Waals surface area contributed by atoms with E-state index in [4.69, 9.17) is 11.1 Å². The van der Waals surface area contributed by atoms with Gasteiger partial charge in [-0.1, -0.05) is 81.9 Å². The van der Waals surface area contributed by atoms with Crippen LogP contribution in [0.2, 0.25) is 13.1 Å². The lowest BCUT2D eigenvalue weighted by atomic mass is 9.78. The molecule has 0 saturated heterocycles. The first-order valence-corrected chi connectivity index (χ1v) is 13.2. The summed E-state index contributed by atoms with van der Waals surface area (Å²) >= 11 is 6.96. The highest BCUT2D eigenvalue weighted by atomic mass is 35.6. The van der Waals surface area contributed by atoms with E-state index in [9.17, 15) is 0 Å². The molecule has 0 bridgehead atoms. The smallest absolute Gasteiger partial charge is 0.161 e. The van der Waals surface area contributed by atoms with Crippen LogP contribution < -0.4 is 0 Å². The van der Waals surface area contributed by atoms with E-state index in [-0.39, 0.29) is 5.41 Å². The molecule has 1 unspecified atom stereocenters. The fourth-order valence-corrected chi connectivity index (χ4v) is 7.45. The molecular formula is C23H29ClSi. The second-order valence-electron chi connectivity index (χ2n) is 8.93. The molecule has 0 spiro atoms. The quantitative estimate of drug-likeness (QED) is 0.381. The van der Waals surface area contributed by atoms with Crippen LogP contribution in [0.1, 0.15) is 55.5 Å². The summed E-state index contributed by atoms with van der Waals surface area (Å²) in [5, 5.41) is 0. The molecule has 1 aliphatic rings. The molecule has 132 valence electrons. The molecule has 0 fully saturated rings. The minimum absolute atomic E-state index is 0.113. The van der Waals surface area contributed by atoms with Gasteiger partial charge in [-0.15, -0.1) is 0 Å². The van der Waals surface area contributed by atoms with Crippen LogP contribution in [0.4, 0.5) is 0 Å². The number of allylic oxidation sites excluding steroid dienone is 1. The van der Waals surface area contributed by atoms with Crippen molar-refractivity contribution in [1.82, 2.24) is 0 Å². The van der Waals surface area contributed by atoms with E-state index < -0.39 is 7.38 Å². The van der Waals surface area contributed by atoms with E-state index in [1.807, 2.05) is 0 Å². The maximum absolute atomic E-state index is 6.96. The van der Waals surface area contributed by atoms with E-state index in [0.717, 1.165) is 0 Å². The first-order valence-electron chi connectivity index (χ1n) is 9.12. The van der Waals surface area contributed by atoms with Crippen LogP contribution in [-0.2, 0) is 5.41 Å². The van der Waals surface area contributed by atoms with Gasteiger partial charge in [0, 0.05) is 5.54 Å². The molecule has 0 saturated carbocycles. The Kier molecular flexibility index (Phi) is 4.54. The third-order valence-electron chi connectivity index (χ3n) is 5.35. The van der Waals surface area contributed by atoms with Crippen molar-refractivity contribution in [2.75, 3.05) is 0 Å². The van der Waals surface area contributed by atoms with Gasteiger partial charge in [0.15, 0.2) is 7.38 Å². The Bertz CT molecular complexity index is 833. The predicted molar refractivity (Wildman–Crippen MR) is 115 cm³/mol. The average Bonchev–Trinajstić information content (AvgIpc) is 2.82. The lowest BCUT2D eigenvalue weighted by Gasteiger charge is -2.30. The summed E-state index contributed by atoms with van der Waals surface area (Å²) in [7, 11) is -1.86. The molecule has 0 N–H and O–H groups in total. The lowest BCUT2D eigenvalue weighted by molar-refractivity contribution is 0.585. The Morgan fingerprint density at radius 3 is 2.12 bits per heavy atom. The monoisotopic (exact) mass is 368 g/mol. The number of fused-ring (bicyclic) bond motifs is 1. The predicted octanol–water partition coefficient (Wildman–Crippen LogP) is 7.44. The first kappa shape index (κ1) is 18.5. The minimum Gasteiger partial charge on any atom is -0.167 e. The third kappa shape index (κ3) is 3.25. The van der Waals surface area contributed by atoms with Gasteiger partial charge in [-0.3, -0.25) is 0 Å². The highest BCUT2D eigenvalue weighted by Crippen LogP contribution is 2.49. The van der Waals surface area contributed by atoms with E-state index in [0.29, 0.717) is 5.54 Å². The Labute approximate surface area is 158 Å². The number of rotatable bonds is 2. The Morgan fingerprint density at radius 2 is 1.60 bits per heavy atom. The van der Waals surface area contributed by atoms with Crippen molar-refractivity contribution >= 4 is 24.5 Å². The molecular weight excluding hydrogens is 340 g/mol. The topological polar surface area (TPSA) is 0 Å². The van der Waals surface area contributed by atoms with Crippen molar-refractivity contribution < 1.29 is 0 Å². The Balaban J connectivity index is 2.39. The molecule has 0 aromatic heterocycles. The Hall–Kier alpha value is -1.31. The third-order valence-corrected chi connectivity index (χ3v) is 8.15. The number of halogens is 1. The van der Waals surface area contributed by atoms with Crippen LogP contribution in [0.15, 0.2) is 42.0 Å². The molecule has 1 atom stereocenters. The molecule has 2 aromatic rings. The van der Waals surface area contributed by atoms with Gasteiger partial charge in [-0.2, -0.15) is 11.1 Å². The number of hydrogen-bond donors (Lipinski definition) is 0. The standard InChI is InChI=1S/C23H29ClSi/c1-15-13-18-19(22(15)25(6,7)24)14-20(23(3,4)5)16(2)21(18)17-11-9-8-10-12-17/h8-14,22H,1-7H3. The van der Waals surface area contributed by atoms with Crippen molar-refractivity contribution in [3.63, 3.8) is 0 Å². The molecule has 0 nitrogen and oxygen atoms in total. The summed E-state index contributed by atoms with van der Waals surface area (Å²) in [6.07, 6.45) is 2.39. The van der Waals surface area contributed by atoms with Crippen LogP contribution in [0, 0.1) is 6.92 Å². The summed E-state index contributed by atoms with van der Waals surface area (Å²) in [4.78, 5) is 0. The summed E-state index contributed by atoms with van der Waals surface area (Å²) in [5.74, 6) is 0. The van der Waals surface area contributed by atoms with Crippen LogP contribution >= 0.6 is 11.1 Å². The van der Waals surface area contributed by atoms with Crippen molar-refractivity contribution in [1.29, 1.82) is 0 Å². The van der Waals surface area contributed by atoms with Crippen molar-refractivity contribution in [3.05, 3.63) is 64.2 Å². The SMILES string of the molecule is CC1=Cc2c(cc(C(C)(C)C)c(C)c2-c2ccccc2)C1[Si](C)(C)Cl. The van der Waals surface area contributed by atoms with E-state index in [2.05, 4.69) is 90.2 Å². The molecule has 2 heteroatoms. The van der Waals surface area contributed by atoms with Crippen LogP contribution in [-0.4, -0.2) is 7.38 Å². The molecule has 0 amide bonds. The summed E-state index contributed by atoms with van der Waals surface area (Å²) < 4.78 is 0. The second-order valence-corrected chi connectivity index (χ2v) is 15.6. The summed E-state index contributed by atoms with van der Waals surface area (Å²) in [6, 6.07) is 13.3. The van der Waals surface area contributed by atoms with Gasteiger partial charge >= 0.3 is 0 Å². The molecule has 25 heavy (non-hydrogen) atoms. The number of benzene rings is 2. The van der Waals surface area contributed by atoms with Crippen LogP contribution in [0.5, 0.6) is 0 Å². The van der Waals surface area contributed by atoms with Crippen LogP contribution in [0.3, 0.4) is 0 Å². The van der Waals surface area contributed by atoms with Gasteiger partial charge in [0.2, 0.25) is 0 Å². The van der Waals surface area contributed by atoms with E-state index in [1.165, 1.54) is 39.0 Å². The van der Waals surface area contributed by atoms with Crippen molar-refractivity contribution in [3.8, 4) is 11.1 Å². The maximum Gasteiger partial charge on any atom is 0.161 e. The lowest BCUT2D eigenvalue weighted by Crippen LogP contribution is -2.28. The molecule has 0 aliphatic heterocycles. The van der Waals surface area contributed by atoms with Gasteiger partial charge in [-0.25, -0.2) is 0 Å². The molecule has 3 rings (SSSR count). The van der Waals surface area contributed by atoms with Gasteiger partial charge in [0.1, 0.15) is 0 Å². The van der Waals surface area contributed by atoms with Crippen molar-refractivity contribution in [2.45, 2.75) is 58.7 Å². The molecule has 0 radical (unpaired) electrons. The second kappa shape index (κ2) is 6.14. The maximum atomic E-state index is 6.96. The fourth-order valence-electron chi connectivity index (χ4n) is 4.44. The van der Waals surface area contributed by atoms with Gasteiger partial charge in [0.05, 0.1) is 0 Å². The van der Waals surface area contributed by atoms with E-state index >= 15 is 0 Å². The van der Waals surface area contributed by atoms with Gasteiger partial charge in [0.25, 0.3) is 0 Å². The fraction of sp³-hybridized carbons (Fsp3) is 0.391. The van der Waals surface area contributed by atoms with Crippen molar-refractivity contribution in [2.24, 2.45) is 0 Å². The Morgan fingerprint density at radius 1 is 1.00 bits per heavy atom. The normalized spacial score (nSPS) is 17.4. The zero-order chi connectivity index (χ0) is 18.6. The number of hydrogen-bond acceptors (Lipinski definition) is 0. The summed E-state index contributed by atoms with van der Waals surface area (Å²) in [6.45, 7) is 16.0. The zero-order valence-corrected chi connectivity index (χ0v) is 18.3. The molecule has 2 aromatic carbocycles.